The molecule has 0 aliphatic carbocycles. The second-order valence-electron chi connectivity index (χ2n) is 2.40. The summed E-state index contributed by atoms with van der Waals surface area (Å²) in [7, 11) is 0. The van der Waals surface area contributed by atoms with Gasteiger partial charge in [-0.3, -0.25) is 0 Å². The van der Waals surface area contributed by atoms with Crippen molar-refractivity contribution in [2.75, 3.05) is 0 Å². The first kappa shape index (κ1) is 9.83. The quantitative estimate of drug-likeness (QED) is 0.534. The van der Waals surface area contributed by atoms with Gasteiger partial charge < -0.3 is 0 Å². The molecular weight excluding hydrogens is 251 g/mol. The maximum absolute atomic E-state index is 13.4. The summed E-state index contributed by atoms with van der Waals surface area (Å²) in [6.45, 7) is 0. The summed E-state index contributed by atoms with van der Waals surface area (Å²) < 4.78 is 13.4. The third kappa shape index (κ3) is 1.39. The second kappa shape index (κ2) is 3.46. The van der Waals surface area contributed by atoms with Gasteiger partial charge in [0.2, 0.25) is 0 Å². The lowest BCUT2D eigenvalue weighted by atomic mass is 10.3. The Morgan fingerprint density at radius 1 is 1.00 bits per heavy atom. The van der Waals surface area contributed by atoms with Crippen LogP contribution < -0.4 is 0 Å². The second-order valence-corrected chi connectivity index (χ2v) is 3.47. The van der Waals surface area contributed by atoms with E-state index in [1.807, 2.05) is 0 Å². The minimum absolute atomic E-state index is 0.0167. The van der Waals surface area contributed by atoms with E-state index in [9.17, 15) is 4.39 Å². The Kier molecular flexibility index (Phi) is 2.43. The normalized spacial score (nSPS) is 10.9. The lowest BCUT2D eigenvalue weighted by Gasteiger charge is -2.02. The zero-order chi connectivity index (χ0) is 10.3. The highest BCUT2D eigenvalue weighted by Gasteiger charge is 2.15. The Bertz CT molecular complexity index is 517. The van der Waals surface area contributed by atoms with Crippen LogP contribution in [0.25, 0.3) is 10.9 Å². The summed E-state index contributed by atoms with van der Waals surface area (Å²) in [5, 5.41) is -0.143. The highest BCUT2D eigenvalue weighted by Crippen LogP contribution is 2.30. The zero-order valence-corrected chi connectivity index (χ0v) is 8.70. The van der Waals surface area contributed by atoms with Gasteiger partial charge in [-0.1, -0.05) is 34.8 Å². The third-order valence-corrected chi connectivity index (χ3v) is 2.40. The van der Waals surface area contributed by atoms with E-state index in [0.29, 0.717) is 0 Å². The minimum Gasteiger partial charge on any atom is -0.233 e. The molecular formula is C7HCl3FN3. The Morgan fingerprint density at radius 3 is 2.43 bits per heavy atom. The van der Waals surface area contributed by atoms with Crippen LogP contribution in [0.2, 0.25) is 15.5 Å². The molecule has 0 saturated carbocycles. The molecule has 3 nitrogen and oxygen atoms in total. The molecule has 0 aromatic carbocycles. The predicted molar refractivity (Wildman–Crippen MR) is 52.3 cm³/mol. The summed E-state index contributed by atoms with van der Waals surface area (Å²) in [5.41, 5.74) is -0.0324. The lowest BCUT2D eigenvalue weighted by Crippen LogP contribution is -1.93. The molecule has 2 rings (SSSR count). The van der Waals surface area contributed by atoms with Gasteiger partial charge in [0.25, 0.3) is 0 Å². The molecule has 0 atom stereocenters. The largest absolute Gasteiger partial charge is 0.233 e. The molecule has 2 heterocycles. The zero-order valence-electron chi connectivity index (χ0n) is 6.43. The molecule has 0 radical (unpaired) electrons. The minimum atomic E-state index is -0.754. The Hall–Kier alpha value is -0.710. The number of fused-ring (bicyclic) bond motifs is 1. The van der Waals surface area contributed by atoms with Crippen LogP contribution in [0.15, 0.2) is 6.33 Å². The van der Waals surface area contributed by atoms with Gasteiger partial charge in [-0.2, -0.15) is 0 Å². The van der Waals surface area contributed by atoms with Crippen LogP contribution in [-0.2, 0) is 0 Å². The maximum atomic E-state index is 13.4. The van der Waals surface area contributed by atoms with E-state index < -0.39 is 5.82 Å². The molecule has 0 N–H and O–H groups in total. The molecule has 0 aliphatic heterocycles. The molecule has 14 heavy (non-hydrogen) atoms. The van der Waals surface area contributed by atoms with Crippen LogP contribution in [0.4, 0.5) is 4.39 Å². The summed E-state index contributed by atoms with van der Waals surface area (Å²) in [6.07, 6.45) is 1.13. The van der Waals surface area contributed by atoms with Crippen LogP contribution in [0.3, 0.4) is 0 Å². The van der Waals surface area contributed by atoms with Crippen molar-refractivity contribution in [3.05, 3.63) is 27.6 Å². The molecule has 0 amide bonds. The van der Waals surface area contributed by atoms with Gasteiger partial charge in [0.1, 0.15) is 22.2 Å². The van der Waals surface area contributed by atoms with Crippen LogP contribution in [-0.4, -0.2) is 15.0 Å². The van der Waals surface area contributed by atoms with Gasteiger partial charge in [0, 0.05) is 0 Å². The fraction of sp³-hybridized carbons (Fsp3) is 0. The van der Waals surface area contributed by atoms with E-state index in [-0.39, 0.29) is 26.4 Å². The lowest BCUT2D eigenvalue weighted by molar-refractivity contribution is 0.631. The van der Waals surface area contributed by atoms with Crippen molar-refractivity contribution >= 4 is 45.7 Å². The van der Waals surface area contributed by atoms with Crippen molar-refractivity contribution in [3.63, 3.8) is 0 Å². The van der Waals surface area contributed by atoms with Crippen molar-refractivity contribution in [2.45, 2.75) is 0 Å². The molecule has 0 fully saturated rings. The van der Waals surface area contributed by atoms with Crippen molar-refractivity contribution in [3.8, 4) is 0 Å². The summed E-state index contributed by atoms with van der Waals surface area (Å²) >= 11 is 16.9. The van der Waals surface area contributed by atoms with E-state index in [2.05, 4.69) is 15.0 Å². The smallest absolute Gasteiger partial charge is 0.186 e. The van der Waals surface area contributed by atoms with Gasteiger partial charge in [0.05, 0.1) is 5.39 Å². The molecule has 2 aromatic heterocycles. The van der Waals surface area contributed by atoms with E-state index >= 15 is 0 Å². The van der Waals surface area contributed by atoms with Crippen LogP contribution in [0, 0.1) is 5.82 Å². The highest BCUT2D eigenvalue weighted by molar-refractivity contribution is 6.41. The van der Waals surface area contributed by atoms with Gasteiger partial charge in [-0.15, -0.1) is 0 Å². The van der Waals surface area contributed by atoms with E-state index in [1.54, 1.807) is 0 Å². The molecule has 7 heteroatoms. The number of aromatic nitrogens is 3. The van der Waals surface area contributed by atoms with Crippen molar-refractivity contribution in [1.29, 1.82) is 0 Å². The number of hydrogen-bond donors (Lipinski definition) is 0. The number of pyridine rings is 1. The average Bonchev–Trinajstić information content (AvgIpc) is 2.14. The van der Waals surface area contributed by atoms with Crippen molar-refractivity contribution in [2.24, 2.45) is 0 Å². The van der Waals surface area contributed by atoms with Crippen LogP contribution in [0.1, 0.15) is 0 Å². The topological polar surface area (TPSA) is 38.7 Å². The van der Waals surface area contributed by atoms with Gasteiger partial charge in [0.15, 0.2) is 11.0 Å². The Balaban J connectivity index is 3.02. The molecule has 2 aromatic rings. The summed E-state index contributed by atoms with van der Waals surface area (Å²) in [6, 6.07) is 0. The average molecular weight is 252 g/mol. The van der Waals surface area contributed by atoms with Gasteiger partial charge in [-0.25, -0.2) is 19.3 Å². The number of nitrogens with zero attached hydrogens (tertiary/aromatic N) is 3. The first-order valence-electron chi connectivity index (χ1n) is 3.42. The Morgan fingerprint density at radius 2 is 1.71 bits per heavy atom. The molecule has 0 bridgehead atoms. The molecule has 72 valence electrons. The highest BCUT2D eigenvalue weighted by atomic mass is 35.5. The van der Waals surface area contributed by atoms with E-state index in [1.165, 1.54) is 0 Å². The maximum Gasteiger partial charge on any atom is 0.186 e. The van der Waals surface area contributed by atoms with Gasteiger partial charge >= 0.3 is 0 Å². The molecule has 0 saturated heterocycles. The third-order valence-electron chi connectivity index (χ3n) is 1.59. The SMILES string of the molecule is Fc1c(Cl)nc(Cl)c2c(Cl)ncnc12. The standard InChI is InChI=1S/C7HCl3FN3/c8-5-2-4(12-1-13-5)3(11)7(10)14-6(2)9/h1H. The Labute approximate surface area is 92.8 Å². The first-order chi connectivity index (χ1) is 6.61. The monoisotopic (exact) mass is 251 g/mol. The van der Waals surface area contributed by atoms with Crippen molar-refractivity contribution in [1.82, 2.24) is 15.0 Å². The summed E-state index contributed by atoms with van der Waals surface area (Å²) in [5.74, 6) is -0.754. The van der Waals surface area contributed by atoms with Gasteiger partial charge in [-0.05, 0) is 0 Å². The summed E-state index contributed by atoms with van der Waals surface area (Å²) in [4.78, 5) is 10.9. The molecule has 0 spiro atoms. The predicted octanol–water partition coefficient (Wildman–Crippen LogP) is 3.12. The van der Waals surface area contributed by atoms with E-state index in [0.717, 1.165) is 6.33 Å². The number of hydrogen-bond acceptors (Lipinski definition) is 3. The number of rotatable bonds is 0. The fourth-order valence-electron chi connectivity index (χ4n) is 1.00. The van der Waals surface area contributed by atoms with E-state index in [4.69, 9.17) is 34.8 Å². The number of halogens is 4. The van der Waals surface area contributed by atoms with Crippen LogP contribution in [0.5, 0.6) is 0 Å². The first-order valence-corrected chi connectivity index (χ1v) is 4.55. The molecule has 0 aliphatic rings. The van der Waals surface area contributed by atoms with Crippen LogP contribution >= 0.6 is 34.8 Å². The fourth-order valence-corrected chi connectivity index (χ4v) is 1.75. The van der Waals surface area contributed by atoms with Crippen molar-refractivity contribution < 1.29 is 4.39 Å². The molecule has 0 unspecified atom stereocenters.